The van der Waals surface area contributed by atoms with Crippen molar-refractivity contribution in [1.29, 1.82) is 0 Å². The van der Waals surface area contributed by atoms with Crippen LogP contribution in [-0.4, -0.2) is 18.4 Å². The van der Waals surface area contributed by atoms with E-state index in [1.807, 2.05) is 24.3 Å². The van der Waals surface area contributed by atoms with Gasteiger partial charge in [0, 0.05) is 0 Å². The summed E-state index contributed by atoms with van der Waals surface area (Å²) in [6.45, 7) is 2.07. The van der Waals surface area contributed by atoms with Crippen LogP contribution in [0.15, 0.2) is 58.8 Å². The van der Waals surface area contributed by atoms with Gasteiger partial charge in [0.2, 0.25) is 0 Å². The van der Waals surface area contributed by atoms with Crippen molar-refractivity contribution < 1.29 is 0 Å². The molecule has 0 aliphatic carbocycles. The fourth-order valence-corrected chi connectivity index (χ4v) is 5.08. The summed E-state index contributed by atoms with van der Waals surface area (Å²) in [6, 6.07) is 16.6. The summed E-state index contributed by atoms with van der Waals surface area (Å²) in [5, 5.41) is 8.53. The molecule has 3 heteroatoms. The summed E-state index contributed by atoms with van der Waals surface area (Å²) >= 11 is -1.94. The predicted octanol–water partition coefficient (Wildman–Crippen LogP) is 4.96. The van der Waals surface area contributed by atoms with Crippen molar-refractivity contribution in [3.63, 3.8) is 0 Å². The van der Waals surface area contributed by atoms with Crippen LogP contribution in [0.2, 0.25) is 14.8 Å². The minimum atomic E-state index is -1.94. The summed E-state index contributed by atoms with van der Waals surface area (Å²) in [5.74, 6) is 0. The van der Waals surface area contributed by atoms with E-state index in [1.165, 1.54) is 9.14 Å². The Balaban J connectivity index is 2.13. The Morgan fingerprint density at radius 3 is 1.53 bits per heavy atom. The second-order valence-electron chi connectivity index (χ2n) is 5.83. The SMILES string of the molecule is Cc1ccc(N=Nc2cc[c]([Sn]([CH3])([CH3])[CH3])cc2)cc1. The van der Waals surface area contributed by atoms with Gasteiger partial charge in [0.05, 0.1) is 0 Å². The molecule has 0 fully saturated rings. The number of hydrogen-bond acceptors (Lipinski definition) is 2. The molecule has 0 bridgehead atoms. The van der Waals surface area contributed by atoms with E-state index >= 15 is 0 Å². The molecule has 0 saturated heterocycles. The molecule has 0 radical (unpaired) electrons. The van der Waals surface area contributed by atoms with Crippen molar-refractivity contribution >= 4 is 33.3 Å². The van der Waals surface area contributed by atoms with Crippen LogP contribution in [0, 0.1) is 6.92 Å². The maximum absolute atomic E-state index is 4.28. The Kier molecular flexibility index (Phi) is 4.40. The minimum absolute atomic E-state index is 0.893. The molecule has 2 aromatic carbocycles. The fourth-order valence-electron chi connectivity index (χ4n) is 1.75. The molecule has 2 aromatic rings. The van der Waals surface area contributed by atoms with E-state index in [1.54, 1.807) is 0 Å². The zero-order valence-electron chi connectivity index (χ0n) is 12.0. The summed E-state index contributed by atoms with van der Waals surface area (Å²) < 4.78 is 1.52. The van der Waals surface area contributed by atoms with Crippen molar-refractivity contribution in [2.24, 2.45) is 10.2 Å². The van der Waals surface area contributed by atoms with Crippen LogP contribution >= 0.6 is 0 Å². The molecule has 2 nitrogen and oxygen atoms in total. The van der Waals surface area contributed by atoms with Crippen molar-refractivity contribution in [3.8, 4) is 0 Å². The Morgan fingerprint density at radius 1 is 0.684 bits per heavy atom. The molecule has 19 heavy (non-hydrogen) atoms. The van der Waals surface area contributed by atoms with Crippen molar-refractivity contribution in [1.82, 2.24) is 0 Å². The molecule has 0 amide bonds. The van der Waals surface area contributed by atoms with E-state index in [9.17, 15) is 0 Å². The van der Waals surface area contributed by atoms with E-state index in [0.29, 0.717) is 0 Å². The Labute approximate surface area is 119 Å². The van der Waals surface area contributed by atoms with Crippen LogP contribution < -0.4 is 3.58 Å². The number of aryl methyl sites for hydroxylation is 1. The Hall–Kier alpha value is -1.16. The van der Waals surface area contributed by atoms with E-state index < -0.39 is 18.4 Å². The molecule has 0 aliphatic rings. The van der Waals surface area contributed by atoms with Crippen LogP contribution in [0.1, 0.15) is 5.56 Å². The predicted molar refractivity (Wildman–Crippen MR) is 84.8 cm³/mol. The molecule has 0 saturated carbocycles. The van der Waals surface area contributed by atoms with Gasteiger partial charge in [-0.25, -0.2) is 0 Å². The van der Waals surface area contributed by atoms with Gasteiger partial charge >= 0.3 is 119 Å². The second kappa shape index (κ2) is 5.86. The van der Waals surface area contributed by atoms with E-state index in [-0.39, 0.29) is 0 Å². The molecule has 0 atom stereocenters. The van der Waals surface area contributed by atoms with Crippen LogP contribution in [0.5, 0.6) is 0 Å². The standard InChI is InChI=1S/C13H11N2.3CH3.Sn/c1-11-7-9-13(10-8-11)15-14-12-5-3-2-4-6-12;;;;/h3-10H,1H3;3*1H3;. The number of benzene rings is 2. The molecule has 0 aliphatic heterocycles. The molecular weight excluding hydrogens is 339 g/mol. The van der Waals surface area contributed by atoms with Crippen molar-refractivity contribution in [2.45, 2.75) is 21.7 Å². The summed E-state index contributed by atoms with van der Waals surface area (Å²) in [5.41, 5.74) is 3.05. The van der Waals surface area contributed by atoms with Crippen LogP contribution in [0.3, 0.4) is 0 Å². The average molecular weight is 359 g/mol. The number of nitrogens with zero attached hydrogens (tertiary/aromatic N) is 2. The fraction of sp³-hybridized carbons (Fsp3) is 0.250. The Morgan fingerprint density at radius 2 is 1.11 bits per heavy atom. The normalized spacial score (nSPS) is 12.0. The van der Waals surface area contributed by atoms with Gasteiger partial charge in [0.15, 0.2) is 0 Å². The first-order valence-electron chi connectivity index (χ1n) is 6.54. The molecule has 98 valence electrons. The third-order valence-corrected chi connectivity index (χ3v) is 8.94. The van der Waals surface area contributed by atoms with Gasteiger partial charge in [-0.1, -0.05) is 0 Å². The van der Waals surface area contributed by atoms with Gasteiger partial charge in [-0.2, -0.15) is 0 Å². The van der Waals surface area contributed by atoms with E-state index in [0.717, 1.165) is 11.4 Å². The molecule has 0 spiro atoms. The van der Waals surface area contributed by atoms with Gasteiger partial charge in [0.1, 0.15) is 0 Å². The molecule has 0 heterocycles. The summed E-state index contributed by atoms with van der Waals surface area (Å²) in [7, 11) is 0. The van der Waals surface area contributed by atoms with Crippen LogP contribution in [0.4, 0.5) is 11.4 Å². The zero-order chi connectivity index (χ0) is 13.9. The average Bonchev–Trinajstić information content (AvgIpc) is 2.37. The molecular formula is C16H20N2Sn. The van der Waals surface area contributed by atoms with Crippen molar-refractivity contribution in [2.75, 3.05) is 0 Å². The van der Waals surface area contributed by atoms with Crippen LogP contribution in [-0.2, 0) is 0 Å². The van der Waals surface area contributed by atoms with E-state index in [2.05, 4.69) is 56.2 Å². The maximum atomic E-state index is 4.28. The topological polar surface area (TPSA) is 24.7 Å². The first-order valence-corrected chi connectivity index (χ1v) is 16.5. The number of azo groups is 1. The van der Waals surface area contributed by atoms with Gasteiger partial charge < -0.3 is 0 Å². The molecule has 0 aromatic heterocycles. The first kappa shape index (κ1) is 14.3. The number of hydrogen-bond donors (Lipinski definition) is 0. The third-order valence-electron chi connectivity index (χ3n) is 3.05. The van der Waals surface area contributed by atoms with E-state index in [4.69, 9.17) is 0 Å². The quantitative estimate of drug-likeness (QED) is 0.547. The number of rotatable bonds is 3. The second-order valence-corrected chi connectivity index (χ2v) is 20.3. The van der Waals surface area contributed by atoms with Gasteiger partial charge in [0.25, 0.3) is 0 Å². The van der Waals surface area contributed by atoms with Gasteiger partial charge in [-0.05, 0) is 0 Å². The third kappa shape index (κ3) is 4.16. The zero-order valence-corrected chi connectivity index (χ0v) is 14.9. The van der Waals surface area contributed by atoms with Gasteiger partial charge in [-0.15, -0.1) is 0 Å². The molecule has 2 rings (SSSR count). The first-order chi connectivity index (χ1) is 8.95. The monoisotopic (exact) mass is 360 g/mol. The van der Waals surface area contributed by atoms with Crippen molar-refractivity contribution in [3.05, 3.63) is 54.1 Å². The summed E-state index contributed by atoms with van der Waals surface area (Å²) in [4.78, 5) is 7.24. The Bertz CT molecular complexity index is 563. The molecule has 0 N–H and O–H groups in total. The summed E-state index contributed by atoms with van der Waals surface area (Å²) in [6.07, 6.45) is 0. The van der Waals surface area contributed by atoms with Gasteiger partial charge in [-0.3, -0.25) is 0 Å². The van der Waals surface area contributed by atoms with Crippen LogP contribution in [0.25, 0.3) is 0 Å². The molecule has 0 unspecified atom stereocenters.